The summed E-state index contributed by atoms with van der Waals surface area (Å²) in [5, 5.41) is 5.97. The molecule has 0 bridgehead atoms. The SMILES string of the molecule is CSC1CCC(NC(C)C(=O)NC(N)=O)C1. The summed E-state index contributed by atoms with van der Waals surface area (Å²) >= 11 is 1.87. The van der Waals surface area contributed by atoms with Crippen LogP contribution in [0, 0.1) is 0 Å². The molecule has 3 amide bonds. The monoisotopic (exact) mass is 245 g/mol. The van der Waals surface area contributed by atoms with Crippen molar-refractivity contribution >= 4 is 23.7 Å². The van der Waals surface area contributed by atoms with Crippen LogP contribution in [0.1, 0.15) is 26.2 Å². The molecule has 1 aliphatic carbocycles. The predicted octanol–water partition coefficient (Wildman–Crippen LogP) is 0.444. The first-order valence-corrected chi connectivity index (χ1v) is 6.71. The van der Waals surface area contributed by atoms with Gasteiger partial charge in [0.1, 0.15) is 0 Å². The van der Waals surface area contributed by atoms with Gasteiger partial charge in [-0.2, -0.15) is 11.8 Å². The van der Waals surface area contributed by atoms with E-state index in [0.717, 1.165) is 12.8 Å². The number of hydrogen-bond donors (Lipinski definition) is 3. The van der Waals surface area contributed by atoms with Gasteiger partial charge in [0.2, 0.25) is 5.91 Å². The lowest BCUT2D eigenvalue weighted by Gasteiger charge is -2.18. The van der Waals surface area contributed by atoms with Crippen molar-refractivity contribution in [2.75, 3.05) is 6.26 Å². The largest absolute Gasteiger partial charge is 0.351 e. The zero-order valence-corrected chi connectivity index (χ0v) is 10.5. The average Bonchev–Trinajstić information content (AvgIpc) is 2.64. The molecule has 0 saturated heterocycles. The Bertz CT molecular complexity index is 273. The molecule has 6 heteroatoms. The van der Waals surface area contributed by atoms with Crippen LogP contribution in [0.25, 0.3) is 0 Å². The van der Waals surface area contributed by atoms with E-state index in [4.69, 9.17) is 5.73 Å². The molecule has 0 aromatic carbocycles. The first kappa shape index (κ1) is 13.3. The number of hydrogen-bond acceptors (Lipinski definition) is 4. The van der Waals surface area contributed by atoms with E-state index < -0.39 is 6.03 Å². The molecule has 0 spiro atoms. The molecule has 1 fully saturated rings. The number of primary amides is 1. The Labute approximate surface area is 99.9 Å². The zero-order chi connectivity index (χ0) is 12.1. The summed E-state index contributed by atoms with van der Waals surface area (Å²) in [7, 11) is 0. The van der Waals surface area contributed by atoms with E-state index in [1.807, 2.05) is 11.8 Å². The Morgan fingerprint density at radius 2 is 2.12 bits per heavy atom. The average molecular weight is 245 g/mol. The standard InChI is InChI=1S/C10H19N3O2S/c1-6(9(14)13-10(11)15)12-7-3-4-8(5-7)16-2/h6-8,12H,3-5H2,1-2H3,(H3,11,13,14,15). The van der Waals surface area contributed by atoms with E-state index in [1.54, 1.807) is 6.92 Å². The highest BCUT2D eigenvalue weighted by Crippen LogP contribution is 2.28. The minimum atomic E-state index is -0.799. The highest BCUT2D eigenvalue weighted by Gasteiger charge is 2.26. The molecule has 5 nitrogen and oxygen atoms in total. The summed E-state index contributed by atoms with van der Waals surface area (Å²) in [6, 6.07) is -0.809. The van der Waals surface area contributed by atoms with Crippen LogP contribution in [-0.4, -0.2) is 35.5 Å². The molecule has 0 aromatic heterocycles. The van der Waals surface area contributed by atoms with E-state index in [1.165, 1.54) is 6.42 Å². The number of imide groups is 1. The Kier molecular flexibility index (Phi) is 5.08. The molecule has 4 N–H and O–H groups in total. The van der Waals surface area contributed by atoms with Crippen LogP contribution in [0.15, 0.2) is 0 Å². The third-order valence-electron chi connectivity index (χ3n) is 2.84. The minimum absolute atomic E-state index is 0.361. The predicted molar refractivity (Wildman–Crippen MR) is 65.3 cm³/mol. The van der Waals surface area contributed by atoms with Gasteiger partial charge in [-0.15, -0.1) is 0 Å². The summed E-state index contributed by atoms with van der Waals surface area (Å²) < 4.78 is 0. The van der Waals surface area contributed by atoms with Gasteiger partial charge in [0.15, 0.2) is 0 Å². The van der Waals surface area contributed by atoms with Crippen molar-refractivity contribution in [1.82, 2.24) is 10.6 Å². The van der Waals surface area contributed by atoms with Gasteiger partial charge in [0, 0.05) is 11.3 Å². The summed E-state index contributed by atoms with van der Waals surface area (Å²) in [5.74, 6) is -0.361. The van der Waals surface area contributed by atoms with Gasteiger partial charge in [-0.1, -0.05) is 0 Å². The normalized spacial score (nSPS) is 26.4. The van der Waals surface area contributed by atoms with Crippen LogP contribution < -0.4 is 16.4 Å². The van der Waals surface area contributed by atoms with Crippen molar-refractivity contribution in [3.05, 3.63) is 0 Å². The summed E-state index contributed by atoms with van der Waals surface area (Å²) in [5.41, 5.74) is 4.88. The van der Waals surface area contributed by atoms with Crippen molar-refractivity contribution in [2.24, 2.45) is 5.73 Å². The number of carbonyl (C=O) groups excluding carboxylic acids is 2. The van der Waals surface area contributed by atoms with Crippen molar-refractivity contribution in [2.45, 2.75) is 43.5 Å². The van der Waals surface area contributed by atoms with Crippen LogP contribution in [0.3, 0.4) is 0 Å². The maximum Gasteiger partial charge on any atom is 0.318 e. The quantitative estimate of drug-likeness (QED) is 0.671. The van der Waals surface area contributed by atoms with Crippen LogP contribution in [0.5, 0.6) is 0 Å². The van der Waals surface area contributed by atoms with Crippen LogP contribution in [-0.2, 0) is 4.79 Å². The Hall–Kier alpha value is -0.750. The third-order valence-corrected chi connectivity index (χ3v) is 3.94. The van der Waals surface area contributed by atoms with E-state index in [2.05, 4.69) is 16.9 Å². The maximum absolute atomic E-state index is 11.4. The van der Waals surface area contributed by atoms with Crippen molar-refractivity contribution in [3.63, 3.8) is 0 Å². The molecule has 1 saturated carbocycles. The molecule has 0 heterocycles. The van der Waals surface area contributed by atoms with Gasteiger partial charge in [0.25, 0.3) is 0 Å². The first-order chi connectivity index (χ1) is 7.52. The lowest BCUT2D eigenvalue weighted by atomic mass is 10.2. The third kappa shape index (κ3) is 4.02. The number of nitrogens with two attached hydrogens (primary N) is 1. The number of rotatable bonds is 4. The molecular weight excluding hydrogens is 226 g/mol. The molecular formula is C10H19N3O2S. The van der Waals surface area contributed by atoms with Gasteiger partial charge in [-0.3, -0.25) is 10.1 Å². The fraction of sp³-hybridized carbons (Fsp3) is 0.800. The number of urea groups is 1. The summed E-state index contributed by atoms with van der Waals surface area (Å²) in [6.45, 7) is 1.74. The van der Waals surface area contributed by atoms with E-state index in [9.17, 15) is 9.59 Å². The molecule has 1 rings (SSSR count). The van der Waals surface area contributed by atoms with Gasteiger partial charge in [-0.05, 0) is 32.4 Å². The van der Waals surface area contributed by atoms with Crippen molar-refractivity contribution in [1.29, 1.82) is 0 Å². The fourth-order valence-electron chi connectivity index (χ4n) is 1.96. The number of thioether (sulfide) groups is 1. The smallest absolute Gasteiger partial charge is 0.318 e. The molecule has 92 valence electrons. The van der Waals surface area contributed by atoms with Gasteiger partial charge < -0.3 is 11.1 Å². The van der Waals surface area contributed by atoms with E-state index >= 15 is 0 Å². The van der Waals surface area contributed by atoms with Gasteiger partial charge >= 0.3 is 6.03 Å². The van der Waals surface area contributed by atoms with Gasteiger partial charge in [0.05, 0.1) is 6.04 Å². The molecule has 1 aliphatic rings. The fourth-order valence-corrected chi connectivity index (χ4v) is 2.76. The second kappa shape index (κ2) is 6.10. The molecule has 0 aliphatic heterocycles. The maximum atomic E-state index is 11.4. The minimum Gasteiger partial charge on any atom is -0.351 e. The molecule has 0 radical (unpaired) electrons. The molecule has 3 atom stereocenters. The van der Waals surface area contributed by atoms with E-state index in [-0.39, 0.29) is 11.9 Å². The Balaban J connectivity index is 2.31. The van der Waals surface area contributed by atoms with Crippen LogP contribution in [0.4, 0.5) is 4.79 Å². The number of amides is 3. The zero-order valence-electron chi connectivity index (χ0n) is 9.66. The summed E-state index contributed by atoms with van der Waals surface area (Å²) in [6.07, 6.45) is 5.45. The molecule has 3 unspecified atom stereocenters. The second-order valence-corrected chi connectivity index (χ2v) is 5.25. The Morgan fingerprint density at radius 1 is 1.44 bits per heavy atom. The van der Waals surface area contributed by atoms with Crippen molar-refractivity contribution in [3.8, 4) is 0 Å². The van der Waals surface area contributed by atoms with Crippen molar-refractivity contribution < 1.29 is 9.59 Å². The number of nitrogens with one attached hydrogen (secondary N) is 2. The Morgan fingerprint density at radius 3 is 2.62 bits per heavy atom. The highest BCUT2D eigenvalue weighted by atomic mass is 32.2. The van der Waals surface area contributed by atoms with Gasteiger partial charge in [-0.25, -0.2) is 4.79 Å². The first-order valence-electron chi connectivity index (χ1n) is 5.42. The van der Waals surface area contributed by atoms with Crippen LogP contribution in [0.2, 0.25) is 0 Å². The second-order valence-electron chi connectivity index (χ2n) is 4.11. The lowest BCUT2D eigenvalue weighted by molar-refractivity contribution is -0.121. The van der Waals surface area contributed by atoms with Crippen LogP contribution >= 0.6 is 11.8 Å². The topological polar surface area (TPSA) is 84.2 Å². The lowest BCUT2D eigenvalue weighted by Crippen LogP contribution is -2.49. The highest BCUT2D eigenvalue weighted by molar-refractivity contribution is 7.99. The summed E-state index contributed by atoms with van der Waals surface area (Å²) in [4.78, 5) is 21.9. The molecule has 0 aromatic rings. The molecule has 16 heavy (non-hydrogen) atoms. The number of carbonyl (C=O) groups is 2. The van der Waals surface area contributed by atoms with E-state index in [0.29, 0.717) is 11.3 Å².